The molecule has 3 heteroatoms. The topological polar surface area (TPSA) is 20.2 Å². The van der Waals surface area contributed by atoms with Crippen molar-refractivity contribution in [2.24, 2.45) is 0 Å². The second-order valence-corrected chi connectivity index (χ2v) is 13.0. The molecule has 0 spiro atoms. The van der Waals surface area contributed by atoms with Crippen LogP contribution in [0, 0.1) is 5.82 Å². The van der Waals surface area contributed by atoms with Crippen LogP contribution in [0.2, 0.25) is 22.7 Å². The van der Waals surface area contributed by atoms with Crippen molar-refractivity contribution in [3.63, 3.8) is 0 Å². The van der Waals surface area contributed by atoms with Crippen LogP contribution in [0.4, 0.5) is 4.39 Å². The van der Waals surface area contributed by atoms with E-state index in [4.69, 9.17) is 0 Å². The third-order valence-electron chi connectivity index (χ3n) is 5.09. The monoisotopic (exact) mass is 296 g/mol. The van der Waals surface area contributed by atoms with Crippen LogP contribution in [0.3, 0.4) is 0 Å². The predicted molar refractivity (Wildman–Crippen MR) is 87.6 cm³/mol. The first-order chi connectivity index (χ1) is 9.21. The zero-order valence-electron chi connectivity index (χ0n) is 13.7. The third-order valence-corrected chi connectivity index (χ3v) is 12.7. The Kier molecular flexibility index (Phi) is 5.81. The summed E-state index contributed by atoms with van der Waals surface area (Å²) < 4.78 is 13.9. The van der Waals surface area contributed by atoms with Crippen molar-refractivity contribution in [3.8, 4) is 5.75 Å². The number of hydrogen-bond donors (Lipinski definition) is 1. The van der Waals surface area contributed by atoms with Crippen LogP contribution >= 0.6 is 0 Å². The highest BCUT2D eigenvalue weighted by Gasteiger charge is 2.41. The van der Waals surface area contributed by atoms with Gasteiger partial charge in [0, 0.05) is 6.07 Å². The largest absolute Gasteiger partial charge is 0.508 e. The average molecular weight is 297 g/mol. The quantitative estimate of drug-likeness (QED) is 0.662. The van der Waals surface area contributed by atoms with Crippen LogP contribution in [-0.2, 0) is 6.42 Å². The molecular weight excluding hydrogens is 267 g/mol. The lowest BCUT2D eigenvalue weighted by atomic mass is 10.1. The lowest BCUT2D eigenvalue weighted by Gasteiger charge is -2.43. The van der Waals surface area contributed by atoms with Crippen molar-refractivity contribution in [1.29, 1.82) is 0 Å². The Morgan fingerprint density at radius 3 is 1.90 bits per heavy atom. The molecule has 0 unspecified atom stereocenters. The van der Waals surface area contributed by atoms with Gasteiger partial charge in [0.05, 0.1) is 8.07 Å². The van der Waals surface area contributed by atoms with E-state index in [0.717, 1.165) is 18.0 Å². The first-order valence-corrected chi connectivity index (χ1v) is 10.1. The number of phenolic OH excluding ortho intramolecular Hbond substituents is 1. The molecule has 0 aromatic heterocycles. The molecule has 0 radical (unpaired) electrons. The first-order valence-electron chi connectivity index (χ1n) is 7.69. The van der Waals surface area contributed by atoms with Gasteiger partial charge in [-0.15, -0.1) is 0 Å². The Morgan fingerprint density at radius 1 is 1.00 bits per heavy atom. The summed E-state index contributed by atoms with van der Waals surface area (Å²) in [5.74, 6) is -0.268. The van der Waals surface area contributed by atoms with E-state index in [-0.39, 0.29) is 11.6 Å². The lowest BCUT2D eigenvalue weighted by Crippen LogP contribution is -2.44. The number of phenols is 1. The van der Waals surface area contributed by atoms with Crippen molar-refractivity contribution in [3.05, 3.63) is 29.6 Å². The van der Waals surface area contributed by atoms with E-state index in [0.29, 0.717) is 16.6 Å². The van der Waals surface area contributed by atoms with E-state index in [9.17, 15) is 9.50 Å². The highest BCUT2D eigenvalue weighted by Crippen LogP contribution is 2.45. The van der Waals surface area contributed by atoms with E-state index in [1.165, 1.54) is 6.07 Å². The molecule has 0 saturated carbocycles. The van der Waals surface area contributed by atoms with E-state index >= 15 is 0 Å². The van der Waals surface area contributed by atoms with Gasteiger partial charge in [-0.1, -0.05) is 70.3 Å². The zero-order chi connectivity index (χ0) is 15.5. The molecule has 0 aliphatic carbocycles. The number of aryl methyl sites for hydroxylation is 1. The molecule has 0 amide bonds. The van der Waals surface area contributed by atoms with Crippen LogP contribution in [0.5, 0.6) is 5.75 Å². The van der Waals surface area contributed by atoms with Crippen LogP contribution in [-0.4, -0.2) is 13.2 Å². The molecule has 1 N–H and O–H groups in total. The van der Waals surface area contributed by atoms with Gasteiger partial charge in [-0.05, 0) is 18.1 Å². The molecule has 1 aromatic carbocycles. The lowest BCUT2D eigenvalue weighted by molar-refractivity contribution is 0.468. The van der Waals surface area contributed by atoms with Crippen molar-refractivity contribution >= 4 is 8.07 Å². The number of halogens is 1. The maximum atomic E-state index is 13.9. The maximum Gasteiger partial charge on any atom is 0.130 e. The van der Waals surface area contributed by atoms with E-state index in [1.54, 1.807) is 12.1 Å². The third kappa shape index (κ3) is 3.43. The molecule has 0 bridgehead atoms. The summed E-state index contributed by atoms with van der Waals surface area (Å²) in [6.07, 6.45) is 0.785. The van der Waals surface area contributed by atoms with Gasteiger partial charge in [0.2, 0.25) is 0 Å². The van der Waals surface area contributed by atoms with Crippen LogP contribution < -0.4 is 0 Å². The Hall–Kier alpha value is -0.833. The fraction of sp³-hybridized carbons (Fsp3) is 0.647. The summed E-state index contributed by atoms with van der Waals surface area (Å²) >= 11 is 0. The van der Waals surface area contributed by atoms with Gasteiger partial charge in [0.15, 0.2) is 0 Å². The molecule has 0 aliphatic rings. The summed E-state index contributed by atoms with van der Waals surface area (Å²) in [6, 6.07) is 5.65. The van der Waals surface area contributed by atoms with Gasteiger partial charge in [0.1, 0.15) is 11.6 Å². The van der Waals surface area contributed by atoms with E-state index in [2.05, 4.69) is 41.5 Å². The van der Waals surface area contributed by atoms with Gasteiger partial charge >= 0.3 is 0 Å². The Bertz CT molecular complexity index is 419. The maximum absolute atomic E-state index is 13.9. The average Bonchev–Trinajstić information content (AvgIpc) is 2.30. The minimum Gasteiger partial charge on any atom is -0.508 e. The Morgan fingerprint density at radius 2 is 1.50 bits per heavy atom. The number of hydrogen-bond acceptors (Lipinski definition) is 1. The molecular formula is C17H29FOSi. The highest BCUT2D eigenvalue weighted by atomic mass is 28.3. The van der Waals surface area contributed by atoms with E-state index in [1.807, 2.05) is 0 Å². The molecule has 1 aromatic rings. The van der Waals surface area contributed by atoms with Gasteiger partial charge in [-0.25, -0.2) is 4.39 Å². The van der Waals surface area contributed by atoms with E-state index < -0.39 is 8.07 Å². The summed E-state index contributed by atoms with van der Waals surface area (Å²) in [6.45, 7) is 14.0. The van der Waals surface area contributed by atoms with Crippen molar-refractivity contribution < 1.29 is 9.50 Å². The molecule has 0 fully saturated rings. The summed E-state index contributed by atoms with van der Waals surface area (Å²) in [5.41, 5.74) is 2.83. The SMILES string of the molecule is CC(C)[Si](CCc1ccc(O)cc1F)(C(C)C)C(C)C. The van der Waals surface area contributed by atoms with Gasteiger partial charge in [0.25, 0.3) is 0 Å². The zero-order valence-corrected chi connectivity index (χ0v) is 14.7. The fourth-order valence-corrected chi connectivity index (χ4v) is 10.4. The first kappa shape index (κ1) is 17.2. The fourth-order valence-electron chi connectivity index (χ4n) is 3.96. The molecule has 1 nitrogen and oxygen atoms in total. The van der Waals surface area contributed by atoms with Crippen molar-refractivity contribution in [2.75, 3.05) is 0 Å². The highest BCUT2D eigenvalue weighted by molar-refractivity contribution is 6.83. The van der Waals surface area contributed by atoms with Gasteiger partial charge < -0.3 is 5.11 Å². The normalized spacial score (nSPS) is 12.7. The summed E-state index contributed by atoms with van der Waals surface area (Å²) in [5, 5.41) is 9.30. The predicted octanol–water partition coefficient (Wildman–Crippen LogP) is 5.75. The van der Waals surface area contributed by atoms with Crippen molar-refractivity contribution in [2.45, 2.75) is 70.6 Å². The summed E-state index contributed by atoms with van der Waals surface area (Å²) in [4.78, 5) is 0. The number of aromatic hydroxyl groups is 1. The van der Waals surface area contributed by atoms with Crippen molar-refractivity contribution in [1.82, 2.24) is 0 Å². The van der Waals surface area contributed by atoms with Crippen LogP contribution in [0.15, 0.2) is 18.2 Å². The van der Waals surface area contributed by atoms with Crippen LogP contribution in [0.1, 0.15) is 47.1 Å². The van der Waals surface area contributed by atoms with Crippen LogP contribution in [0.25, 0.3) is 0 Å². The standard InChI is InChI=1S/C17H29FOSi/c1-12(2)20(13(3)4,14(5)6)10-9-15-7-8-16(19)11-17(15)18/h7-8,11-14,19H,9-10H2,1-6H3. The van der Waals surface area contributed by atoms with Gasteiger partial charge in [-0.3, -0.25) is 0 Å². The molecule has 114 valence electrons. The number of rotatable bonds is 6. The molecule has 20 heavy (non-hydrogen) atoms. The smallest absolute Gasteiger partial charge is 0.130 e. The molecule has 0 aliphatic heterocycles. The number of benzene rings is 1. The molecule has 0 atom stereocenters. The summed E-state index contributed by atoms with van der Waals surface area (Å²) in [7, 11) is -1.48. The second kappa shape index (κ2) is 6.75. The minimum atomic E-state index is -1.48. The molecule has 0 saturated heterocycles. The Balaban J connectivity index is 2.97. The Labute approximate surface area is 124 Å². The second-order valence-electron chi connectivity index (χ2n) is 6.85. The molecule has 0 heterocycles. The minimum absolute atomic E-state index is 0.00587. The van der Waals surface area contributed by atoms with Gasteiger partial charge in [-0.2, -0.15) is 0 Å². The molecule has 1 rings (SSSR count).